The second-order valence-corrected chi connectivity index (χ2v) is 8.51. The molecule has 174 valence electrons. The summed E-state index contributed by atoms with van der Waals surface area (Å²) in [6.07, 6.45) is 8.39. The molecule has 34 heavy (non-hydrogen) atoms. The number of aromatic nitrogens is 2. The molecular weight excluding hydrogens is 446 g/mol. The molecule has 0 atom stereocenters. The molecular formula is C27H27N3O3S. The number of anilines is 1. The van der Waals surface area contributed by atoms with Gasteiger partial charge >= 0.3 is 0 Å². The molecule has 1 saturated carbocycles. The van der Waals surface area contributed by atoms with Gasteiger partial charge in [-0.05, 0) is 48.6 Å². The zero-order valence-electron chi connectivity index (χ0n) is 19.3. The van der Waals surface area contributed by atoms with Crippen LogP contribution in [0.2, 0.25) is 0 Å². The monoisotopic (exact) mass is 473 g/mol. The highest BCUT2D eigenvalue weighted by atomic mass is 32.2. The normalized spacial score (nSPS) is 13.0. The van der Waals surface area contributed by atoms with Gasteiger partial charge < -0.3 is 14.0 Å². The molecule has 1 aliphatic rings. The molecule has 0 aliphatic heterocycles. The Kier molecular flexibility index (Phi) is 7.95. The molecule has 2 aromatic heterocycles. The lowest BCUT2D eigenvalue weighted by Gasteiger charge is -2.14. The minimum absolute atomic E-state index is 0.0806. The van der Waals surface area contributed by atoms with Gasteiger partial charge in [-0.15, -0.1) is 0 Å². The molecule has 2 heterocycles. The molecule has 1 fully saturated rings. The van der Waals surface area contributed by atoms with Crippen LogP contribution >= 0.6 is 11.9 Å². The van der Waals surface area contributed by atoms with Gasteiger partial charge in [0.2, 0.25) is 0 Å². The van der Waals surface area contributed by atoms with E-state index in [9.17, 15) is 4.79 Å². The molecule has 0 unspecified atom stereocenters. The van der Waals surface area contributed by atoms with E-state index in [1.807, 2.05) is 54.8 Å². The first-order valence-corrected chi connectivity index (χ1v) is 12.4. The van der Waals surface area contributed by atoms with Crippen molar-refractivity contribution in [2.24, 2.45) is 5.92 Å². The highest BCUT2D eigenvalue weighted by Crippen LogP contribution is 2.27. The summed E-state index contributed by atoms with van der Waals surface area (Å²) in [4.78, 5) is 12.7. The number of hydrogen-bond acceptors (Lipinski definition) is 6. The molecule has 0 amide bonds. The van der Waals surface area contributed by atoms with Crippen LogP contribution in [0.25, 0.3) is 16.6 Å². The highest BCUT2D eigenvalue weighted by Gasteiger charge is 2.13. The molecule has 0 bridgehead atoms. The number of methoxy groups -OCH3 is 1. The van der Waals surface area contributed by atoms with Crippen LogP contribution < -0.4 is 15.0 Å². The van der Waals surface area contributed by atoms with Crippen molar-refractivity contribution < 1.29 is 9.26 Å². The van der Waals surface area contributed by atoms with E-state index in [1.165, 1.54) is 43.9 Å². The number of benzene rings is 2. The zero-order valence-corrected chi connectivity index (χ0v) is 20.1. The molecule has 4 aromatic rings. The molecule has 6 nitrogen and oxygen atoms in total. The molecule has 0 spiro atoms. The van der Waals surface area contributed by atoms with E-state index in [4.69, 9.17) is 4.74 Å². The Hall–Kier alpha value is -3.63. The van der Waals surface area contributed by atoms with E-state index < -0.39 is 0 Å². The first kappa shape index (κ1) is 23.5. The van der Waals surface area contributed by atoms with Crippen molar-refractivity contribution in [1.82, 2.24) is 9.72 Å². The highest BCUT2D eigenvalue weighted by molar-refractivity contribution is 7.99. The van der Waals surface area contributed by atoms with Gasteiger partial charge in [-0.1, -0.05) is 60.0 Å². The van der Waals surface area contributed by atoms with E-state index in [1.54, 1.807) is 23.8 Å². The Morgan fingerprint density at radius 1 is 1.12 bits per heavy atom. The van der Waals surface area contributed by atoms with Crippen molar-refractivity contribution in [2.75, 3.05) is 18.1 Å². The van der Waals surface area contributed by atoms with Crippen LogP contribution in [0.1, 0.15) is 31.2 Å². The molecule has 0 radical (unpaired) electrons. The summed E-state index contributed by atoms with van der Waals surface area (Å²) < 4.78 is 14.7. The number of ether oxygens (including phenoxy) is 1. The number of hydrogen-bond donors (Lipinski definition) is 1. The summed E-state index contributed by atoms with van der Waals surface area (Å²) in [7, 11) is 1.62. The standard InChI is InChI=1S/C23H21NO2.C4H6N2OS/c1-26-22-14-12-18(11-10-17-6-2-3-7-17)16-21(22)24-20-9-5-4-8-19(20)13-15-23(24)25;1-8-6-4-2-3-7-5-4/h4-5,8-9,12-17H,2-3,6-7H2,1H3;2-3H,1H3,(H,5,6). The van der Waals surface area contributed by atoms with Crippen LogP contribution in [0.15, 0.2) is 76.2 Å². The third-order valence-electron chi connectivity index (χ3n) is 5.64. The van der Waals surface area contributed by atoms with Gasteiger partial charge in [0.1, 0.15) is 12.0 Å². The van der Waals surface area contributed by atoms with E-state index in [-0.39, 0.29) is 5.56 Å². The van der Waals surface area contributed by atoms with E-state index in [0.29, 0.717) is 11.7 Å². The third-order valence-corrected chi connectivity index (χ3v) is 6.06. The Morgan fingerprint density at radius 3 is 2.68 bits per heavy atom. The average Bonchev–Trinajstić information content (AvgIpc) is 3.58. The summed E-state index contributed by atoms with van der Waals surface area (Å²) in [5.74, 6) is 8.61. The lowest BCUT2D eigenvalue weighted by atomic mass is 10.1. The predicted octanol–water partition coefficient (Wildman–Crippen LogP) is 5.91. The van der Waals surface area contributed by atoms with Crippen LogP contribution in [0.3, 0.4) is 0 Å². The Labute approximate surface area is 203 Å². The van der Waals surface area contributed by atoms with Crippen LogP contribution in [-0.2, 0) is 0 Å². The lowest BCUT2D eigenvalue weighted by Crippen LogP contribution is -2.18. The van der Waals surface area contributed by atoms with E-state index >= 15 is 0 Å². The molecule has 0 saturated heterocycles. The lowest BCUT2D eigenvalue weighted by molar-refractivity contribution is 0.413. The summed E-state index contributed by atoms with van der Waals surface area (Å²) in [6, 6.07) is 18.9. The van der Waals surface area contributed by atoms with Gasteiger partial charge in [-0.3, -0.25) is 9.36 Å². The molecule has 7 heteroatoms. The van der Waals surface area contributed by atoms with Crippen molar-refractivity contribution in [3.05, 3.63) is 82.8 Å². The minimum atomic E-state index is -0.0806. The van der Waals surface area contributed by atoms with Gasteiger partial charge in [-0.2, -0.15) is 0 Å². The molecule has 1 N–H and O–H groups in total. The average molecular weight is 474 g/mol. The Balaban J connectivity index is 0.000000291. The second-order valence-electron chi connectivity index (χ2n) is 7.89. The summed E-state index contributed by atoms with van der Waals surface area (Å²) >= 11 is 1.49. The van der Waals surface area contributed by atoms with Gasteiger partial charge in [-0.25, -0.2) is 0 Å². The number of nitrogens with one attached hydrogen (secondary N) is 1. The maximum atomic E-state index is 12.7. The third kappa shape index (κ3) is 5.64. The Bertz CT molecular complexity index is 1350. The number of pyridine rings is 1. The largest absolute Gasteiger partial charge is 0.495 e. The van der Waals surface area contributed by atoms with Crippen LogP contribution in [-0.4, -0.2) is 23.1 Å². The van der Waals surface area contributed by atoms with Gasteiger partial charge in [0, 0.05) is 29.9 Å². The quantitative estimate of drug-likeness (QED) is 0.294. The van der Waals surface area contributed by atoms with Crippen molar-refractivity contribution in [3.63, 3.8) is 0 Å². The van der Waals surface area contributed by atoms with E-state index in [0.717, 1.165) is 28.0 Å². The minimum Gasteiger partial charge on any atom is -0.495 e. The van der Waals surface area contributed by atoms with Gasteiger partial charge in [0.05, 0.1) is 18.3 Å². The SMILES string of the molecule is COc1ccc(C#CC2CCCC2)cc1-n1c(=O)ccc2ccccc21.CSNc1ccon1. The summed E-state index contributed by atoms with van der Waals surface area (Å²) in [6.45, 7) is 0. The first-order chi connectivity index (χ1) is 16.7. The molecule has 2 aromatic carbocycles. The fraction of sp³-hybridized carbons (Fsp3) is 0.259. The number of nitrogens with zero attached hydrogens (tertiary/aromatic N) is 2. The number of fused-ring (bicyclic) bond motifs is 1. The van der Waals surface area contributed by atoms with Crippen LogP contribution in [0.5, 0.6) is 5.75 Å². The molecule has 1 aliphatic carbocycles. The van der Waals surface area contributed by atoms with E-state index in [2.05, 4.69) is 26.2 Å². The fourth-order valence-electron chi connectivity index (χ4n) is 4.00. The summed E-state index contributed by atoms with van der Waals surface area (Å²) in [5.41, 5.74) is 2.42. The van der Waals surface area contributed by atoms with Crippen molar-refractivity contribution in [1.29, 1.82) is 0 Å². The predicted molar refractivity (Wildman–Crippen MR) is 139 cm³/mol. The van der Waals surface area contributed by atoms with Crippen molar-refractivity contribution in [3.8, 4) is 23.3 Å². The molecule has 5 rings (SSSR count). The number of rotatable bonds is 4. The van der Waals surface area contributed by atoms with Gasteiger partial charge in [0.15, 0.2) is 5.82 Å². The fourth-order valence-corrected chi connectivity index (χ4v) is 4.32. The summed E-state index contributed by atoms with van der Waals surface area (Å²) in [5, 5.41) is 4.61. The van der Waals surface area contributed by atoms with Crippen molar-refractivity contribution in [2.45, 2.75) is 25.7 Å². The first-order valence-electron chi connectivity index (χ1n) is 11.2. The smallest absolute Gasteiger partial charge is 0.255 e. The second kappa shape index (κ2) is 11.5. The zero-order chi connectivity index (χ0) is 23.8. The van der Waals surface area contributed by atoms with Crippen molar-refractivity contribution >= 4 is 28.7 Å². The maximum Gasteiger partial charge on any atom is 0.255 e. The maximum absolute atomic E-state index is 12.7. The topological polar surface area (TPSA) is 69.3 Å². The van der Waals surface area contributed by atoms with Crippen LogP contribution in [0.4, 0.5) is 5.82 Å². The Morgan fingerprint density at radius 2 is 1.94 bits per heavy atom. The number of para-hydroxylation sites is 1. The van der Waals surface area contributed by atoms with Crippen LogP contribution in [0, 0.1) is 17.8 Å². The van der Waals surface area contributed by atoms with Gasteiger partial charge in [0.25, 0.3) is 5.56 Å².